The van der Waals surface area contributed by atoms with Crippen LogP contribution < -0.4 is 5.32 Å². The van der Waals surface area contributed by atoms with Crippen molar-refractivity contribution < 1.29 is 14.6 Å². The first-order valence-corrected chi connectivity index (χ1v) is 5.53. The van der Waals surface area contributed by atoms with Crippen molar-refractivity contribution in [1.29, 1.82) is 0 Å². The maximum absolute atomic E-state index is 11.5. The SMILES string of the molecule is CCNC(=O)N1CCC(OCCO)CC1. The van der Waals surface area contributed by atoms with E-state index in [-0.39, 0.29) is 18.7 Å². The third-order valence-corrected chi connectivity index (χ3v) is 2.50. The van der Waals surface area contributed by atoms with Crippen molar-refractivity contribution in [3.05, 3.63) is 0 Å². The smallest absolute Gasteiger partial charge is 0.317 e. The fourth-order valence-corrected chi connectivity index (χ4v) is 1.71. The van der Waals surface area contributed by atoms with Gasteiger partial charge in [-0.2, -0.15) is 0 Å². The zero-order valence-electron chi connectivity index (χ0n) is 9.24. The van der Waals surface area contributed by atoms with Crippen molar-refractivity contribution in [1.82, 2.24) is 10.2 Å². The molecule has 0 aliphatic carbocycles. The molecule has 0 radical (unpaired) electrons. The molecule has 1 heterocycles. The number of nitrogens with one attached hydrogen (secondary N) is 1. The zero-order chi connectivity index (χ0) is 11.1. The molecule has 1 saturated heterocycles. The second-order valence-corrected chi connectivity index (χ2v) is 3.62. The Kier molecular flexibility index (Phi) is 5.42. The van der Waals surface area contributed by atoms with Gasteiger partial charge in [0.2, 0.25) is 0 Å². The van der Waals surface area contributed by atoms with E-state index in [1.807, 2.05) is 11.8 Å². The summed E-state index contributed by atoms with van der Waals surface area (Å²) in [6.45, 7) is 4.51. The fourth-order valence-electron chi connectivity index (χ4n) is 1.71. The first kappa shape index (κ1) is 12.3. The second-order valence-electron chi connectivity index (χ2n) is 3.62. The Balaban J connectivity index is 2.20. The van der Waals surface area contributed by atoms with E-state index in [1.54, 1.807) is 0 Å². The third kappa shape index (κ3) is 4.05. The molecule has 0 spiro atoms. The topological polar surface area (TPSA) is 61.8 Å². The van der Waals surface area contributed by atoms with Crippen LogP contribution in [-0.4, -0.2) is 55.0 Å². The van der Waals surface area contributed by atoms with Crippen LogP contribution in [0.1, 0.15) is 19.8 Å². The molecule has 2 amide bonds. The number of piperidine rings is 1. The van der Waals surface area contributed by atoms with Crippen LogP contribution in [0.2, 0.25) is 0 Å². The van der Waals surface area contributed by atoms with Crippen molar-refractivity contribution in [3.8, 4) is 0 Å². The third-order valence-electron chi connectivity index (χ3n) is 2.50. The second kappa shape index (κ2) is 6.63. The van der Waals surface area contributed by atoms with E-state index in [4.69, 9.17) is 9.84 Å². The molecule has 15 heavy (non-hydrogen) atoms. The van der Waals surface area contributed by atoms with E-state index in [0.717, 1.165) is 25.9 Å². The highest BCUT2D eigenvalue weighted by Gasteiger charge is 2.22. The highest BCUT2D eigenvalue weighted by atomic mass is 16.5. The first-order valence-electron chi connectivity index (χ1n) is 5.53. The Morgan fingerprint density at radius 3 is 2.73 bits per heavy atom. The maximum Gasteiger partial charge on any atom is 0.317 e. The van der Waals surface area contributed by atoms with Gasteiger partial charge < -0.3 is 20.1 Å². The van der Waals surface area contributed by atoms with Gasteiger partial charge in [0, 0.05) is 19.6 Å². The number of hydrogen-bond acceptors (Lipinski definition) is 3. The summed E-state index contributed by atoms with van der Waals surface area (Å²) in [6, 6.07) is 0.0121. The minimum Gasteiger partial charge on any atom is -0.394 e. The van der Waals surface area contributed by atoms with Gasteiger partial charge in [-0.1, -0.05) is 0 Å². The van der Waals surface area contributed by atoms with Gasteiger partial charge >= 0.3 is 6.03 Å². The molecular weight excluding hydrogens is 196 g/mol. The summed E-state index contributed by atoms with van der Waals surface area (Å²) in [5, 5.41) is 11.4. The number of amides is 2. The summed E-state index contributed by atoms with van der Waals surface area (Å²) in [4.78, 5) is 13.3. The standard InChI is InChI=1S/C10H20N2O3/c1-2-11-10(14)12-5-3-9(4-6-12)15-8-7-13/h9,13H,2-8H2,1H3,(H,11,14). The molecule has 0 atom stereocenters. The van der Waals surface area contributed by atoms with Gasteiger partial charge in [-0.05, 0) is 19.8 Å². The number of aliphatic hydroxyl groups is 1. The summed E-state index contributed by atoms with van der Waals surface area (Å²) < 4.78 is 5.41. The normalized spacial score (nSPS) is 17.9. The van der Waals surface area contributed by atoms with E-state index in [1.165, 1.54) is 0 Å². The number of nitrogens with zero attached hydrogens (tertiary/aromatic N) is 1. The van der Waals surface area contributed by atoms with Crippen LogP contribution >= 0.6 is 0 Å². The number of urea groups is 1. The lowest BCUT2D eigenvalue weighted by molar-refractivity contribution is -0.00163. The lowest BCUT2D eigenvalue weighted by Gasteiger charge is -2.31. The summed E-state index contributed by atoms with van der Waals surface area (Å²) in [7, 11) is 0. The first-order chi connectivity index (χ1) is 7.27. The van der Waals surface area contributed by atoms with Crippen molar-refractivity contribution in [2.24, 2.45) is 0 Å². The average molecular weight is 216 g/mol. The summed E-state index contributed by atoms with van der Waals surface area (Å²) in [6.07, 6.45) is 1.91. The number of aliphatic hydroxyl groups excluding tert-OH is 1. The maximum atomic E-state index is 11.5. The number of carbonyl (C=O) groups excluding carboxylic acids is 1. The Hall–Kier alpha value is -0.810. The van der Waals surface area contributed by atoms with Crippen LogP contribution in [0.5, 0.6) is 0 Å². The molecule has 2 N–H and O–H groups in total. The molecule has 5 nitrogen and oxygen atoms in total. The monoisotopic (exact) mass is 216 g/mol. The molecular formula is C10H20N2O3. The van der Waals surface area contributed by atoms with Crippen LogP contribution in [0, 0.1) is 0 Å². The van der Waals surface area contributed by atoms with Gasteiger partial charge in [0.05, 0.1) is 19.3 Å². The van der Waals surface area contributed by atoms with Crippen molar-refractivity contribution in [3.63, 3.8) is 0 Å². The predicted molar refractivity (Wildman–Crippen MR) is 56.7 cm³/mol. The fraction of sp³-hybridized carbons (Fsp3) is 0.900. The Morgan fingerprint density at radius 2 is 2.20 bits per heavy atom. The van der Waals surface area contributed by atoms with Crippen LogP contribution in [0.4, 0.5) is 4.79 Å². The van der Waals surface area contributed by atoms with Gasteiger partial charge in [-0.3, -0.25) is 0 Å². The molecule has 1 rings (SSSR count). The minimum atomic E-state index is 0.0121. The molecule has 0 saturated carbocycles. The van der Waals surface area contributed by atoms with Crippen LogP contribution in [0.3, 0.4) is 0 Å². The van der Waals surface area contributed by atoms with Gasteiger partial charge in [-0.25, -0.2) is 4.79 Å². The summed E-state index contributed by atoms with van der Waals surface area (Å²) in [5.41, 5.74) is 0. The molecule has 0 aromatic carbocycles. The predicted octanol–water partition coefficient (Wildman–Crippen LogP) is 0.189. The number of likely N-dealkylation sites (tertiary alicyclic amines) is 1. The summed E-state index contributed by atoms with van der Waals surface area (Å²) >= 11 is 0. The van der Waals surface area contributed by atoms with Crippen molar-refractivity contribution in [2.45, 2.75) is 25.9 Å². The average Bonchev–Trinajstić information content (AvgIpc) is 2.27. The number of rotatable bonds is 4. The zero-order valence-corrected chi connectivity index (χ0v) is 9.24. The lowest BCUT2D eigenvalue weighted by Crippen LogP contribution is -2.45. The van der Waals surface area contributed by atoms with Crippen LogP contribution in [0.25, 0.3) is 0 Å². The van der Waals surface area contributed by atoms with Crippen LogP contribution in [0.15, 0.2) is 0 Å². The van der Waals surface area contributed by atoms with Gasteiger partial charge in [0.15, 0.2) is 0 Å². The quantitative estimate of drug-likeness (QED) is 0.705. The lowest BCUT2D eigenvalue weighted by atomic mass is 10.1. The minimum absolute atomic E-state index is 0.0121. The van der Waals surface area contributed by atoms with E-state index in [2.05, 4.69) is 5.32 Å². The van der Waals surface area contributed by atoms with Crippen molar-refractivity contribution >= 4 is 6.03 Å². The molecule has 5 heteroatoms. The molecule has 1 aliphatic rings. The largest absolute Gasteiger partial charge is 0.394 e. The Morgan fingerprint density at radius 1 is 1.53 bits per heavy atom. The van der Waals surface area contributed by atoms with Gasteiger partial charge in [0.1, 0.15) is 0 Å². The Labute approximate surface area is 90.4 Å². The number of carbonyl (C=O) groups is 1. The molecule has 1 fully saturated rings. The molecule has 0 aromatic heterocycles. The number of ether oxygens (including phenoxy) is 1. The molecule has 0 aromatic rings. The van der Waals surface area contributed by atoms with E-state index in [0.29, 0.717) is 13.2 Å². The van der Waals surface area contributed by atoms with E-state index < -0.39 is 0 Å². The van der Waals surface area contributed by atoms with E-state index >= 15 is 0 Å². The number of hydrogen-bond donors (Lipinski definition) is 2. The summed E-state index contributed by atoms with van der Waals surface area (Å²) in [5.74, 6) is 0. The Bertz CT molecular complexity index is 191. The molecule has 0 bridgehead atoms. The van der Waals surface area contributed by atoms with E-state index in [9.17, 15) is 4.79 Å². The molecule has 1 aliphatic heterocycles. The highest BCUT2D eigenvalue weighted by molar-refractivity contribution is 5.74. The highest BCUT2D eigenvalue weighted by Crippen LogP contribution is 2.13. The van der Waals surface area contributed by atoms with Gasteiger partial charge in [0.25, 0.3) is 0 Å². The molecule has 88 valence electrons. The molecule has 0 unspecified atom stereocenters. The van der Waals surface area contributed by atoms with Gasteiger partial charge in [-0.15, -0.1) is 0 Å². The van der Waals surface area contributed by atoms with Crippen LogP contribution in [-0.2, 0) is 4.74 Å². The van der Waals surface area contributed by atoms with Crippen molar-refractivity contribution in [2.75, 3.05) is 32.8 Å².